The molecule has 2 atom stereocenters. The molecule has 4 amide bonds. The van der Waals surface area contributed by atoms with E-state index in [4.69, 9.17) is 4.74 Å². The number of likely N-dealkylation sites (tertiary alicyclic amines) is 1. The Kier molecular flexibility index (Phi) is 7.68. The largest absolute Gasteiger partial charge is 0.493 e. The summed E-state index contributed by atoms with van der Waals surface area (Å²) in [6, 6.07) is 4.62. The van der Waals surface area contributed by atoms with Gasteiger partial charge in [0.05, 0.1) is 24.7 Å². The number of para-hydroxylation sites is 1. The molecule has 2 aliphatic heterocycles. The molecule has 0 bridgehead atoms. The van der Waals surface area contributed by atoms with Crippen molar-refractivity contribution >= 4 is 23.6 Å². The highest BCUT2D eigenvalue weighted by molar-refractivity contribution is 6.01. The van der Waals surface area contributed by atoms with Gasteiger partial charge in [0, 0.05) is 19.6 Å². The van der Waals surface area contributed by atoms with Gasteiger partial charge < -0.3 is 30.7 Å². The van der Waals surface area contributed by atoms with Crippen LogP contribution in [0.15, 0.2) is 24.3 Å². The van der Waals surface area contributed by atoms with Gasteiger partial charge in [-0.2, -0.15) is 0 Å². The van der Waals surface area contributed by atoms with Gasteiger partial charge in [0.15, 0.2) is 0 Å². The molecule has 174 valence electrons. The normalized spacial score (nSPS) is 23.1. The van der Waals surface area contributed by atoms with E-state index < -0.39 is 30.0 Å². The van der Waals surface area contributed by atoms with Crippen molar-refractivity contribution in [3.8, 4) is 5.75 Å². The van der Waals surface area contributed by atoms with Crippen LogP contribution in [-0.4, -0.2) is 78.1 Å². The minimum atomic E-state index is -1.20. The van der Waals surface area contributed by atoms with E-state index in [-0.39, 0.29) is 42.8 Å². The lowest BCUT2D eigenvalue weighted by atomic mass is 10.0. The number of hydrogen-bond acceptors (Lipinski definition) is 6. The van der Waals surface area contributed by atoms with Gasteiger partial charge in [-0.3, -0.25) is 19.2 Å². The van der Waals surface area contributed by atoms with Crippen LogP contribution in [0.4, 0.5) is 0 Å². The SMILES string of the molecule is CC(C)[C@H]1NC(=O)[C@H](CC(=O)N2CC(O)C2)NC(=O)c2ccccc2OCCCNC1=O. The number of rotatable bonds is 3. The Morgan fingerprint density at radius 1 is 1.16 bits per heavy atom. The summed E-state index contributed by atoms with van der Waals surface area (Å²) in [5.41, 5.74) is 0.249. The number of β-amino-alcohol motifs (C(OH)–C–C–N with tert-alkyl or cyclic N) is 1. The molecule has 0 aromatic heterocycles. The van der Waals surface area contributed by atoms with Gasteiger partial charge in [0.2, 0.25) is 17.7 Å². The molecule has 0 spiro atoms. The van der Waals surface area contributed by atoms with E-state index in [9.17, 15) is 24.3 Å². The Morgan fingerprint density at radius 2 is 1.88 bits per heavy atom. The summed E-state index contributed by atoms with van der Waals surface area (Å²) < 4.78 is 5.72. The molecule has 2 heterocycles. The number of hydrogen-bond donors (Lipinski definition) is 4. The number of carbonyl (C=O) groups is 4. The van der Waals surface area contributed by atoms with E-state index in [0.29, 0.717) is 25.3 Å². The summed E-state index contributed by atoms with van der Waals surface area (Å²) in [5.74, 6) is -1.75. The maximum absolute atomic E-state index is 13.1. The fourth-order valence-electron chi connectivity index (χ4n) is 3.55. The second-order valence-corrected chi connectivity index (χ2v) is 8.40. The third-order valence-electron chi connectivity index (χ3n) is 5.47. The van der Waals surface area contributed by atoms with Crippen LogP contribution in [0.1, 0.15) is 37.0 Å². The van der Waals surface area contributed by atoms with Gasteiger partial charge in [0.1, 0.15) is 17.8 Å². The molecule has 1 fully saturated rings. The van der Waals surface area contributed by atoms with E-state index >= 15 is 0 Å². The molecule has 10 heteroatoms. The standard InChI is InChI=1S/C22H30N4O6/c1-13(2)19-22(31)23-8-5-9-32-17-7-4-3-6-15(17)20(29)24-16(21(30)25-19)10-18(28)26-11-14(27)12-26/h3-4,6-7,13-14,16,19,27H,5,8-12H2,1-2H3,(H,23,31)(H,24,29)(H,25,30)/t16-,19+/m0/s1. The van der Waals surface area contributed by atoms with Gasteiger partial charge in [-0.25, -0.2) is 0 Å². The minimum Gasteiger partial charge on any atom is -0.493 e. The lowest BCUT2D eigenvalue weighted by Crippen LogP contribution is -2.58. The second-order valence-electron chi connectivity index (χ2n) is 8.40. The van der Waals surface area contributed by atoms with Crippen LogP contribution in [-0.2, 0) is 14.4 Å². The molecule has 1 saturated heterocycles. The number of aliphatic hydroxyl groups excluding tert-OH is 1. The third-order valence-corrected chi connectivity index (χ3v) is 5.47. The van der Waals surface area contributed by atoms with E-state index in [1.807, 2.05) is 0 Å². The van der Waals surface area contributed by atoms with E-state index in [1.165, 1.54) is 4.90 Å². The van der Waals surface area contributed by atoms with Crippen molar-refractivity contribution in [3.63, 3.8) is 0 Å². The summed E-state index contributed by atoms with van der Waals surface area (Å²) in [6.45, 7) is 4.62. The van der Waals surface area contributed by atoms with Crippen molar-refractivity contribution in [1.29, 1.82) is 0 Å². The Labute approximate surface area is 186 Å². The molecule has 1 aromatic carbocycles. The van der Waals surface area contributed by atoms with Crippen LogP contribution in [0.5, 0.6) is 5.75 Å². The zero-order chi connectivity index (χ0) is 23.3. The van der Waals surface area contributed by atoms with Gasteiger partial charge in [0.25, 0.3) is 5.91 Å². The number of carbonyl (C=O) groups excluding carboxylic acids is 4. The first-order valence-corrected chi connectivity index (χ1v) is 10.8. The molecule has 4 N–H and O–H groups in total. The Hall–Kier alpha value is -3.14. The molecule has 32 heavy (non-hydrogen) atoms. The Balaban J connectivity index is 1.86. The smallest absolute Gasteiger partial charge is 0.255 e. The van der Waals surface area contributed by atoms with Crippen molar-refractivity contribution in [2.75, 3.05) is 26.2 Å². The van der Waals surface area contributed by atoms with Crippen molar-refractivity contribution in [3.05, 3.63) is 29.8 Å². The van der Waals surface area contributed by atoms with E-state index in [2.05, 4.69) is 16.0 Å². The Bertz CT molecular complexity index is 868. The average Bonchev–Trinajstić information content (AvgIpc) is 2.73. The summed E-state index contributed by atoms with van der Waals surface area (Å²) in [4.78, 5) is 52.6. The van der Waals surface area contributed by atoms with Gasteiger partial charge in [-0.05, 0) is 24.5 Å². The topological polar surface area (TPSA) is 137 Å². The Morgan fingerprint density at radius 3 is 2.56 bits per heavy atom. The lowest BCUT2D eigenvalue weighted by Gasteiger charge is -2.36. The van der Waals surface area contributed by atoms with E-state index in [1.54, 1.807) is 38.1 Å². The summed E-state index contributed by atoms with van der Waals surface area (Å²) in [6.07, 6.45) is -0.344. The number of fused-ring (bicyclic) bond motifs is 1. The highest BCUT2D eigenvalue weighted by Crippen LogP contribution is 2.19. The average molecular weight is 447 g/mol. The number of nitrogens with zero attached hydrogens (tertiary/aromatic N) is 1. The molecule has 0 unspecified atom stereocenters. The fraction of sp³-hybridized carbons (Fsp3) is 0.545. The third kappa shape index (κ3) is 5.76. The van der Waals surface area contributed by atoms with Gasteiger partial charge >= 0.3 is 0 Å². The molecule has 0 radical (unpaired) electrons. The minimum absolute atomic E-state index is 0.189. The van der Waals surface area contributed by atoms with Gasteiger partial charge in [-0.15, -0.1) is 0 Å². The zero-order valence-electron chi connectivity index (χ0n) is 18.3. The van der Waals surface area contributed by atoms with Crippen molar-refractivity contribution < 1.29 is 29.0 Å². The highest BCUT2D eigenvalue weighted by Gasteiger charge is 2.35. The number of aliphatic hydroxyl groups is 1. The molecular formula is C22H30N4O6. The highest BCUT2D eigenvalue weighted by atomic mass is 16.5. The fourth-order valence-corrected chi connectivity index (χ4v) is 3.55. The number of nitrogens with one attached hydrogen (secondary N) is 3. The van der Waals surface area contributed by atoms with Gasteiger partial charge in [-0.1, -0.05) is 26.0 Å². The lowest BCUT2D eigenvalue weighted by molar-refractivity contribution is -0.143. The quantitative estimate of drug-likeness (QED) is 0.490. The number of benzene rings is 1. The first kappa shape index (κ1) is 23.5. The molecule has 10 nitrogen and oxygen atoms in total. The predicted molar refractivity (Wildman–Crippen MR) is 115 cm³/mol. The summed E-state index contributed by atoms with van der Waals surface area (Å²) in [7, 11) is 0. The molecule has 0 aliphatic carbocycles. The first-order chi connectivity index (χ1) is 15.3. The zero-order valence-corrected chi connectivity index (χ0v) is 18.3. The molecule has 0 saturated carbocycles. The number of amides is 4. The van der Waals surface area contributed by atoms with Crippen LogP contribution in [0.25, 0.3) is 0 Å². The molecule has 1 aromatic rings. The predicted octanol–water partition coefficient (Wildman–Crippen LogP) is -0.582. The summed E-state index contributed by atoms with van der Waals surface area (Å²) in [5, 5.41) is 17.6. The summed E-state index contributed by atoms with van der Waals surface area (Å²) >= 11 is 0. The van der Waals surface area contributed by atoms with Crippen molar-refractivity contribution in [1.82, 2.24) is 20.9 Å². The van der Waals surface area contributed by atoms with Crippen LogP contribution < -0.4 is 20.7 Å². The van der Waals surface area contributed by atoms with Crippen LogP contribution in [0.3, 0.4) is 0 Å². The van der Waals surface area contributed by atoms with Crippen molar-refractivity contribution in [2.24, 2.45) is 5.92 Å². The van der Waals surface area contributed by atoms with Crippen LogP contribution >= 0.6 is 0 Å². The number of ether oxygens (including phenoxy) is 1. The molecule has 2 aliphatic rings. The van der Waals surface area contributed by atoms with E-state index in [0.717, 1.165) is 0 Å². The monoisotopic (exact) mass is 446 g/mol. The molecular weight excluding hydrogens is 416 g/mol. The van der Waals surface area contributed by atoms with Crippen LogP contribution in [0.2, 0.25) is 0 Å². The van der Waals surface area contributed by atoms with Crippen molar-refractivity contribution in [2.45, 2.75) is 44.9 Å². The maximum Gasteiger partial charge on any atom is 0.255 e. The maximum atomic E-state index is 13.1. The molecule has 3 rings (SSSR count). The van der Waals surface area contributed by atoms with Crippen LogP contribution in [0, 0.1) is 5.92 Å². The second kappa shape index (κ2) is 10.4. The first-order valence-electron chi connectivity index (χ1n) is 10.8.